The third kappa shape index (κ3) is 7.16. The number of carbonyl (C=O) groups excluding carboxylic acids is 1. The van der Waals surface area contributed by atoms with Crippen molar-refractivity contribution in [2.24, 2.45) is 0 Å². The zero-order valence-corrected chi connectivity index (χ0v) is 22.1. The third-order valence-electron chi connectivity index (χ3n) is 5.27. The average Bonchev–Trinajstić information content (AvgIpc) is 2.87. The molecule has 3 aromatic rings. The molecule has 0 unspecified atom stereocenters. The number of aryl methyl sites for hydroxylation is 1. The van der Waals surface area contributed by atoms with Crippen LogP contribution in [-0.4, -0.2) is 40.3 Å². The fourth-order valence-corrected chi connectivity index (χ4v) is 5.58. The Bertz CT molecular complexity index is 1230. The third-order valence-corrected chi connectivity index (χ3v) is 8.16. The Morgan fingerprint density at radius 2 is 1.71 bits per heavy atom. The SMILES string of the molecule is CCOc1ccccc1N(CC(=O)NCCCc1ccccc1Cl)S(=O)(=O)c1ccc(SC)cc1. The number of para-hydroxylation sites is 2. The Labute approximate surface area is 216 Å². The molecule has 1 N–H and O–H groups in total. The van der Waals surface area contributed by atoms with Gasteiger partial charge in [-0.2, -0.15) is 0 Å². The Kier molecular flexibility index (Phi) is 9.89. The van der Waals surface area contributed by atoms with E-state index in [1.54, 1.807) is 48.5 Å². The first-order chi connectivity index (χ1) is 16.9. The van der Waals surface area contributed by atoms with Crippen molar-refractivity contribution in [3.05, 3.63) is 83.4 Å². The maximum Gasteiger partial charge on any atom is 0.264 e. The van der Waals surface area contributed by atoms with Gasteiger partial charge in [-0.15, -0.1) is 11.8 Å². The Hall–Kier alpha value is -2.68. The number of nitrogens with zero attached hydrogens (tertiary/aromatic N) is 1. The summed E-state index contributed by atoms with van der Waals surface area (Å²) in [7, 11) is -4.03. The molecule has 0 saturated carbocycles. The van der Waals surface area contributed by atoms with Crippen molar-refractivity contribution in [1.82, 2.24) is 5.32 Å². The van der Waals surface area contributed by atoms with Gasteiger partial charge < -0.3 is 10.1 Å². The van der Waals surface area contributed by atoms with Gasteiger partial charge in [-0.05, 0) is 74.0 Å². The van der Waals surface area contributed by atoms with E-state index < -0.39 is 15.9 Å². The number of thioether (sulfide) groups is 1. The number of hydrogen-bond acceptors (Lipinski definition) is 5. The summed E-state index contributed by atoms with van der Waals surface area (Å²) in [5, 5.41) is 3.52. The predicted molar refractivity (Wildman–Crippen MR) is 143 cm³/mol. The second kappa shape index (κ2) is 12.9. The number of halogens is 1. The van der Waals surface area contributed by atoms with Crippen molar-refractivity contribution in [2.45, 2.75) is 29.6 Å². The Morgan fingerprint density at radius 1 is 1.03 bits per heavy atom. The minimum absolute atomic E-state index is 0.105. The molecule has 35 heavy (non-hydrogen) atoms. The highest BCUT2D eigenvalue weighted by Crippen LogP contribution is 2.33. The van der Waals surface area contributed by atoms with E-state index in [4.69, 9.17) is 16.3 Å². The highest BCUT2D eigenvalue weighted by Gasteiger charge is 2.29. The van der Waals surface area contributed by atoms with Crippen LogP contribution in [0.5, 0.6) is 5.75 Å². The van der Waals surface area contributed by atoms with Gasteiger partial charge in [0.05, 0.1) is 17.2 Å². The standard InChI is InChI=1S/C26H29ClN2O4S2/c1-3-33-25-13-7-6-12-24(25)29(35(31,32)22-16-14-21(34-2)15-17-22)19-26(30)28-18-8-10-20-9-4-5-11-23(20)27/h4-7,9,11-17H,3,8,10,18-19H2,1-2H3,(H,28,30). The maximum absolute atomic E-state index is 13.6. The molecule has 3 aromatic carbocycles. The summed E-state index contributed by atoms with van der Waals surface area (Å²) in [6.07, 6.45) is 3.30. The van der Waals surface area contributed by atoms with E-state index in [1.807, 2.05) is 37.4 Å². The number of benzene rings is 3. The summed E-state index contributed by atoms with van der Waals surface area (Å²) in [5.74, 6) is -0.00871. The predicted octanol–water partition coefficient (Wildman–Crippen LogP) is 5.40. The lowest BCUT2D eigenvalue weighted by Gasteiger charge is -2.26. The van der Waals surface area contributed by atoms with Gasteiger partial charge >= 0.3 is 0 Å². The van der Waals surface area contributed by atoms with Gasteiger partial charge in [0, 0.05) is 16.5 Å². The average molecular weight is 533 g/mol. The Balaban J connectivity index is 1.79. The minimum atomic E-state index is -4.03. The number of ether oxygens (including phenoxy) is 1. The molecule has 3 rings (SSSR count). The normalized spacial score (nSPS) is 11.2. The van der Waals surface area contributed by atoms with E-state index in [9.17, 15) is 13.2 Å². The molecule has 9 heteroatoms. The van der Waals surface area contributed by atoms with Crippen molar-refractivity contribution in [1.29, 1.82) is 0 Å². The minimum Gasteiger partial charge on any atom is -0.492 e. The second-order valence-corrected chi connectivity index (χ2v) is 10.8. The number of sulfonamides is 1. The van der Waals surface area contributed by atoms with E-state index in [-0.39, 0.29) is 11.4 Å². The van der Waals surface area contributed by atoms with E-state index in [0.717, 1.165) is 14.8 Å². The van der Waals surface area contributed by atoms with Crippen LogP contribution in [0.4, 0.5) is 5.69 Å². The Morgan fingerprint density at radius 3 is 2.40 bits per heavy atom. The lowest BCUT2D eigenvalue weighted by atomic mass is 10.1. The molecule has 0 aliphatic heterocycles. The summed E-state index contributed by atoms with van der Waals surface area (Å²) >= 11 is 7.72. The number of hydrogen-bond donors (Lipinski definition) is 1. The summed E-state index contributed by atoms with van der Waals surface area (Å²) in [4.78, 5) is 13.9. The molecule has 1 amide bonds. The molecule has 186 valence electrons. The second-order valence-electron chi connectivity index (χ2n) is 7.63. The van der Waals surface area contributed by atoms with E-state index >= 15 is 0 Å². The molecule has 0 radical (unpaired) electrons. The molecule has 0 fully saturated rings. The molecule has 0 aliphatic rings. The highest BCUT2D eigenvalue weighted by molar-refractivity contribution is 7.98. The van der Waals surface area contributed by atoms with E-state index in [0.29, 0.717) is 42.5 Å². The van der Waals surface area contributed by atoms with Crippen molar-refractivity contribution in [2.75, 3.05) is 30.3 Å². The molecular formula is C26H29ClN2O4S2. The molecular weight excluding hydrogens is 504 g/mol. The summed E-state index contributed by atoms with van der Waals surface area (Å²) in [5.41, 5.74) is 1.32. The number of nitrogens with one attached hydrogen (secondary N) is 1. The first kappa shape index (κ1) is 26.9. The van der Waals surface area contributed by atoms with Gasteiger partial charge in [-0.1, -0.05) is 41.9 Å². The maximum atomic E-state index is 13.6. The molecule has 0 bridgehead atoms. The number of anilines is 1. The van der Waals surface area contributed by atoms with Crippen molar-refractivity contribution < 1.29 is 17.9 Å². The molecule has 0 heterocycles. The van der Waals surface area contributed by atoms with Crippen LogP contribution >= 0.6 is 23.4 Å². The number of carbonyl (C=O) groups is 1. The van der Waals surface area contributed by atoms with Gasteiger partial charge in [-0.25, -0.2) is 8.42 Å². The van der Waals surface area contributed by atoms with Crippen LogP contribution < -0.4 is 14.4 Å². The molecule has 6 nitrogen and oxygen atoms in total. The van der Waals surface area contributed by atoms with Crippen LogP contribution in [0.2, 0.25) is 5.02 Å². The van der Waals surface area contributed by atoms with E-state index in [1.165, 1.54) is 11.8 Å². The largest absolute Gasteiger partial charge is 0.492 e. The zero-order chi connectivity index (χ0) is 25.3. The highest BCUT2D eigenvalue weighted by atomic mass is 35.5. The summed E-state index contributed by atoms with van der Waals surface area (Å²) in [6, 6.07) is 21.0. The quantitative estimate of drug-likeness (QED) is 0.249. The lowest BCUT2D eigenvalue weighted by molar-refractivity contribution is -0.119. The van der Waals surface area contributed by atoms with Gasteiger partial charge in [-0.3, -0.25) is 9.10 Å². The van der Waals surface area contributed by atoms with Gasteiger partial charge in [0.25, 0.3) is 10.0 Å². The lowest BCUT2D eigenvalue weighted by Crippen LogP contribution is -2.41. The monoisotopic (exact) mass is 532 g/mol. The topological polar surface area (TPSA) is 75.7 Å². The molecule has 0 atom stereocenters. The van der Waals surface area contributed by atoms with Crippen LogP contribution in [-0.2, 0) is 21.2 Å². The molecule has 0 saturated heterocycles. The van der Waals surface area contributed by atoms with Crippen LogP contribution in [0.25, 0.3) is 0 Å². The fourth-order valence-electron chi connectivity index (χ4n) is 3.51. The van der Waals surface area contributed by atoms with Crippen molar-refractivity contribution in [3.63, 3.8) is 0 Å². The number of rotatable bonds is 12. The molecule has 0 spiro atoms. The van der Waals surface area contributed by atoms with Gasteiger partial charge in [0.15, 0.2) is 0 Å². The molecule has 0 aliphatic carbocycles. The van der Waals surface area contributed by atoms with Crippen LogP contribution in [0, 0.1) is 0 Å². The first-order valence-electron chi connectivity index (χ1n) is 11.3. The smallest absolute Gasteiger partial charge is 0.264 e. The van der Waals surface area contributed by atoms with Crippen molar-refractivity contribution >= 4 is 45.0 Å². The van der Waals surface area contributed by atoms with Gasteiger partial charge in [0.1, 0.15) is 12.3 Å². The van der Waals surface area contributed by atoms with Crippen LogP contribution in [0.3, 0.4) is 0 Å². The van der Waals surface area contributed by atoms with Crippen LogP contribution in [0.1, 0.15) is 18.9 Å². The molecule has 0 aromatic heterocycles. The zero-order valence-electron chi connectivity index (χ0n) is 19.7. The van der Waals surface area contributed by atoms with Crippen LogP contribution in [0.15, 0.2) is 82.6 Å². The van der Waals surface area contributed by atoms with Crippen molar-refractivity contribution in [3.8, 4) is 5.75 Å². The first-order valence-corrected chi connectivity index (χ1v) is 14.3. The summed E-state index contributed by atoms with van der Waals surface area (Å²) in [6.45, 7) is 2.21. The van der Waals surface area contributed by atoms with Gasteiger partial charge in [0.2, 0.25) is 5.91 Å². The number of amides is 1. The summed E-state index contributed by atoms with van der Waals surface area (Å²) < 4.78 is 34.1. The van der Waals surface area contributed by atoms with E-state index in [2.05, 4.69) is 5.32 Å². The fraction of sp³-hybridized carbons (Fsp3) is 0.269.